The summed E-state index contributed by atoms with van der Waals surface area (Å²) in [4.78, 5) is 44.1. The number of hydrogen-bond acceptors (Lipinski definition) is 4. The van der Waals surface area contributed by atoms with Crippen molar-refractivity contribution in [1.29, 1.82) is 0 Å². The smallest absolute Gasteiger partial charge is 0.333 e. The van der Waals surface area contributed by atoms with Gasteiger partial charge in [-0.15, -0.1) is 0 Å². The van der Waals surface area contributed by atoms with Gasteiger partial charge in [0.05, 0.1) is 19.1 Å². The third-order valence-electron chi connectivity index (χ3n) is 7.29. The molecule has 0 saturated carbocycles. The molecule has 2 aliphatic rings. The highest BCUT2D eigenvalue weighted by Crippen LogP contribution is 2.33. The molecule has 0 spiro atoms. The van der Waals surface area contributed by atoms with Gasteiger partial charge in [0.15, 0.2) is 0 Å². The number of unbranched alkanes of at least 4 members (excludes halogenated alkanes) is 1. The first-order valence-corrected chi connectivity index (χ1v) is 13.1. The van der Waals surface area contributed by atoms with Crippen LogP contribution in [0.25, 0.3) is 0 Å². The van der Waals surface area contributed by atoms with Crippen LogP contribution in [-0.2, 0) is 16.1 Å². The molecule has 1 unspecified atom stereocenters. The maximum absolute atomic E-state index is 13.8. The molecule has 4 amide bonds. The number of carbonyl (C=O) groups excluding carboxylic acids is 3. The van der Waals surface area contributed by atoms with Crippen LogP contribution < -0.4 is 5.32 Å². The first kappa shape index (κ1) is 26.6. The van der Waals surface area contributed by atoms with Crippen molar-refractivity contribution in [3.8, 4) is 0 Å². The third kappa shape index (κ3) is 5.61. The molecule has 0 aliphatic carbocycles. The van der Waals surface area contributed by atoms with E-state index in [1.807, 2.05) is 51.1 Å². The molecule has 198 valence electrons. The topological polar surface area (TPSA) is 76.2 Å². The summed E-state index contributed by atoms with van der Waals surface area (Å²) >= 11 is 0. The molecule has 3 atom stereocenters. The molecule has 2 fully saturated rings. The molecule has 2 saturated heterocycles. The van der Waals surface area contributed by atoms with Gasteiger partial charge in [0.1, 0.15) is 18.0 Å². The molecule has 1 N–H and O–H groups in total. The molecule has 2 aromatic rings. The second kappa shape index (κ2) is 11.7. The van der Waals surface area contributed by atoms with Crippen LogP contribution in [0, 0.1) is 5.82 Å². The summed E-state index contributed by atoms with van der Waals surface area (Å²) in [7, 11) is 0. The molecular formula is C28H36FN5O3. The molecule has 2 aliphatic heterocycles. The van der Waals surface area contributed by atoms with Crippen LogP contribution in [0.2, 0.25) is 0 Å². The first-order valence-electron chi connectivity index (χ1n) is 13.1. The van der Waals surface area contributed by atoms with Crippen LogP contribution in [-0.4, -0.2) is 69.5 Å². The maximum atomic E-state index is 13.8. The summed E-state index contributed by atoms with van der Waals surface area (Å²) in [5.74, 6) is -0.627. The number of rotatable bonds is 8. The van der Waals surface area contributed by atoms with Gasteiger partial charge in [0.2, 0.25) is 11.8 Å². The van der Waals surface area contributed by atoms with Crippen molar-refractivity contribution < 1.29 is 18.8 Å². The molecule has 0 radical (unpaired) electrons. The Bertz CT molecular complexity index is 1100. The molecule has 37 heavy (non-hydrogen) atoms. The number of fused-ring (bicyclic) bond motifs is 1. The van der Waals surface area contributed by atoms with E-state index < -0.39 is 12.2 Å². The Morgan fingerprint density at radius 1 is 1.08 bits per heavy atom. The van der Waals surface area contributed by atoms with E-state index in [2.05, 4.69) is 5.32 Å². The van der Waals surface area contributed by atoms with E-state index >= 15 is 0 Å². The zero-order valence-corrected chi connectivity index (χ0v) is 21.8. The number of urea groups is 1. The van der Waals surface area contributed by atoms with Crippen molar-refractivity contribution in [3.05, 3.63) is 71.5 Å². The van der Waals surface area contributed by atoms with Crippen LogP contribution in [0.4, 0.5) is 9.18 Å². The highest BCUT2D eigenvalue weighted by molar-refractivity contribution is 5.91. The largest absolute Gasteiger partial charge is 0.334 e. The Hall–Kier alpha value is -3.46. The van der Waals surface area contributed by atoms with Crippen molar-refractivity contribution in [2.75, 3.05) is 19.6 Å². The number of likely N-dealkylation sites (N-methyl/N-ethyl adjacent to an activating group) is 1. The molecule has 2 heterocycles. The van der Waals surface area contributed by atoms with Crippen molar-refractivity contribution in [1.82, 2.24) is 25.1 Å². The summed E-state index contributed by atoms with van der Waals surface area (Å²) in [6, 6.07) is 14.4. The van der Waals surface area contributed by atoms with Crippen molar-refractivity contribution in [3.63, 3.8) is 0 Å². The Morgan fingerprint density at radius 3 is 2.43 bits per heavy atom. The minimum Gasteiger partial charge on any atom is -0.333 e. The average molecular weight is 510 g/mol. The summed E-state index contributed by atoms with van der Waals surface area (Å²) in [5, 5.41) is 6.35. The van der Waals surface area contributed by atoms with Crippen LogP contribution in [0.1, 0.15) is 57.2 Å². The van der Waals surface area contributed by atoms with Gasteiger partial charge in [-0.1, -0.05) is 69.2 Å². The fourth-order valence-corrected chi connectivity index (χ4v) is 5.22. The van der Waals surface area contributed by atoms with Crippen molar-refractivity contribution >= 4 is 17.8 Å². The van der Waals surface area contributed by atoms with Gasteiger partial charge in [-0.05, 0) is 36.6 Å². The number of hydrogen-bond donors (Lipinski definition) is 1. The lowest BCUT2D eigenvalue weighted by molar-refractivity contribution is -0.192. The fraction of sp³-hybridized carbons (Fsp3) is 0.464. The van der Waals surface area contributed by atoms with E-state index in [9.17, 15) is 18.8 Å². The van der Waals surface area contributed by atoms with E-state index in [-0.39, 0.29) is 42.8 Å². The monoisotopic (exact) mass is 509 g/mol. The molecule has 4 rings (SSSR count). The molecule has 0 aromatic heterocycles. The number of benzene rings is 2. The average Bonchev–Trinajstić information content (AvgIpc) is 2.91. The summed E-state index contributed by atoms with van der Waals surface area (Å²) < 4.78 is 13.6. The molecular weight excluding hydrogens is 473 g/mol. The predicted octanol–water partition coefficient (Wildman–Crippen LogP) is 3.90. The van der Waals surface area contributed by atoms with Gasteiger partial charge in [-0.3, -0.25) is 9.59 Å². The standard InChI is InChI=1S/C28H36FN5O3/c1-4-6-12-24-27(36)32(20(3)22-13-15-23(29)16-14-22)18-25-33(24)26(35)19-31(5-2)34(25)28(37)30-17-21-10-8-7-9-11-21/h7-11,13-16,20,24-25H,4-6,12,17-19H2,1-3H3,(H,30,37)/t20?,24-,25-/m0/s1. The second-order valence-electron chi connectivity index (χ2n) is 9.63. The molecule has 0 bridgehead atoms. The molecule has 8 nitrogen and oxygen atoms in total. The van der Waals surface area contributed by atoms with Gasteiger partial charge in [0, 0.05) is 13.1 Å². The van der Waals surface area contributed by atoms with Gasteiger partial charge in [0.25, 0.3) is 0 Å². The highest BCUT2D eigenvalue weighted by Gasteiger charge is 2.51. The second-order valence-corrected chi connectivity index (χ2v) is 9.63. The predicted molar refractivity (Wildman–Crippen MR) is 138 cm³/mol. The quantitative estimate of drug-likeness (QED) is 0.586. The van der Waals surface area contributed by atoms with Crippen molar-refractivity contribution in [2.24, 2.45) is 0 Å². The van der Waals surface area contributed by atoms with Crippen LogP contribution in [0.3, 0.4) is 0 Å². The van der Waals surface area contributed by atoms with Gasteiger partial charge >= 0.3 is 6.03 Å². The van der Waals surface area contributed by atoms with Crippen LogP contribution in [0.5, 0.6) is 0 Å². The van der Waals surface area contributed by atoms with E-state index in [1.54, 1.807) is 32.0 Å². The lowest BCUT2D eigenvalue weighted by Crippen LogP contribution is -2.76. The van der Waals surface area contributed by atoms with Gasteiger partial charge in [-0.25, -0.2) is 19.2 Å². The maximum Gasteiger partial charge on any atom is 0.334 e. The van der Waals surface area contributed by atoms with Crippen LogP contribution >= 0.6 is 0 Å². The van der Waals surface area contributed by atoms with Crippen molar-refractivity contribution in [2.45, 2.75) is 64.8 Å². The van der Waals surface area contributed by atoms with Crippen LogP contribution in [0.15, 0.2) is 54.6 Å². The minimum absolute atomic E-state index is 0.0369. The number of nitrogens with one attached hydrogen (secondary N) is 1. The zero-order valence-electron chi connectivity index (χ0n) is 21.8. The lowest BCUT2D eigenvalue weighted by atomic mass is 9.97. The summed E-state index contributed by atoms with van der Waals surface area (Å²) in [6.07, 6.45) is 1.55. The minimum atomic E-state index is -0.655. The fourth-order valence-electron chi connectivity index (χ4n) is 5.22. The zero-order chi connectivity index (χ0) is 26.5. The Balaban J connectivity index is 1.66. The van der Waals surface area contributed by atoms with Gasteiger partial charge < -0.3 is 15.1 Å². The number of carbonyl (C=O) groups is 3. The lowest BCUT2D eigenvalue weighted by Gasteiger charge is -2.56. The van der Waals surface area contributed by atoms with Gasteiger partial charge in [-0.2, -0.15) is 0 Å². The Morgan fingerprint density at radius 2 is 1.78 bits per heavy atom. The van der Waals surface area contributed by atoms with E-state index in [4.69, 9.17) is 0 Å². The third-order valence-corrected chi connectivity index (χ3v) is 7.29. The number of hydrazine groups is 1. The SMILES string of the molecule is CCCC[C@H]1C(=O)N(C(C)c2ccc(F)cc2)C[C@H]2N1C(=O)CN(CC)N2C(=O)NCc1ccccc1. The highest BCUT2D eigenvalue weighted by atomic mass is 19.1. The Labute approximate surface area is 218 Å². The number of halogens is 1. The number of nitrogens with zero attached hydrogens (tertiary/aromatic N) is 4. The summed E-state index contributed by atoms with van der Waals surface area (Å²) in [5.41, 5.74) is 1.77. The van der Waals surface area contributed by atoms with E-state index in [0.717, 1.165) is 24.0 Å². The number of amides is 4. The molecule has 2 aromatic carbocycles. The first-order chi connectivity index (χ1) is 17.8. The normalized spacial score (nSPS) is 21.1. The summed E-state index contributed by atoms with van der Waals surface area (Å²) in [6.45, 7) is 6.87. The Kier molecular flexibility index (Phi) is 8.43. The molecule has 9 heteroatoms. The number of piperazine rings is 1. The van der Waals surface area contributed by atoms with E-state index in [0.29, 0.717) is 19.5 Å². The van der Waals surface area contributed by atoms with E-state index in [1.165, 1.54) is 12.1 Å².